The normalized spacial score (nSPS) is 10.1. The Labute approximate surface area is 84.0 Å². The highest BCUT2D eigenvalue weighted by atomic mass is 16.5. The number of nitrogens with zero attached hydrogens (tertiary/aromatic N) is 1. The van der Waals surface area contributed by atoms with E-state index in [4.69, 9.17) is 15.2 Å². The number of ether oxygens (including phenoxy) is 2. The second-order valence-corrected chi connectivity index (χ2v) is 2.88. The number of pyridine rings is 1. The molecular weight excluding hydrogens is 180 g/mol. The van der Waals surface area contributed by atoms with Crippen LogP contribution in [0.25, 0.3) is 0 Å². The van der Waals surface area contributed by atoms with E-state index in [9.17, 15) is 0 Å². The van der Waals surface area contributed by atoms with E-state index in [1.807, 2.05) is 6.07 Å². The average molecular weight is 196 g/mol. The second kappa shape index (κ2) is 6.34. The summed E-state index contributed by atoms with van der Waals surface area (Å²) >= 11 is 0. The Morgan fingerprint density at radius 3 is 3.00 bits per heavy atom. The molecule has 0 saturated carbocycles. The van der Waals surface area contributed by atoms with E-state index in [0.717, 1.165) is 17.7 Å². The van der Waals surface area contributed by atoms with Crippen LogP contribution in [0, 0.1) is 0 Å². The molecule has 0 aliphatic carbocycles. The van der Waals surface area contributed by atoms with Crippen molar-refractivity contribution >= 4 is 0 Å². The topological polar surface area (TPSA) is 57.4 Å². The zero-order valence-corrected chi connectivity index (χ0v) is 8.40. The molecule has 0 spiro atoms. The fourth-order valence-electron chi connectivity index (χ4n) is 1.09. The van der Waals surface area contributed by atoms with Gasteiger partial charge in [0.1, 0.15) is 5.75 Å². The number of hydrogen-bond donors (Lipinski definition) is 1. The zero-order chi connectivity index (χ0) is 10.2. The monoisotopic (exact) mass is 196 g/mol. The standard InChI is InChI=1S/C10H16N2O2/c1-13-5-2-6-14-10-3-4-12-8-9(10)7-11/h3-4,8H,2,5-7,11H2,1H3. The number of rotatable bonds is 6. The Bertz CT molecular complexity index is 266. The first-order valence-electron chi connectivity index (χ1n) is 4.63. The lowest BCUT2D eigenvalue weighted by atomic mass is 10.2. The molecular formula is C10H16N2O2. The third kappa shape index (κ3) is 3.32. The summed E-state index contributed by atoms with van der Waals surface area (Å²) < 4.78 is 10.4. The van der Waals surface area contributed by atoms with Crippen molar-refractivity contribution in [3.8, 4) is 5.75 Å². The molecule has 4 heteroatoms. The summed E-state index contributed by atoms with van der Waals surface area (Å²) in [5.41, 5.74) is 6.47. The Kier molecular flexibility index (Phi) is 4.96. The van der Waals surface area contributed by atoms with E-state index >= 15 is 0 Å². The minimum Gasteiger partial charge on any atom is -0.493 e. The predicted molar refractivity (Wildman–Crippen MR) is 54.1 cm³/mol. The van der Waals surface area contributed by atoms with Gasteiger partial charge in [-0.25, -0.2) is 0 Å². The van der Waals surface area contributed by atoms with Gasteiger partial charge in [-0.3, -0.25) is 4.98 Å². The average Bonchev–Trinajstić information content (AvgIpc) is 2.25. The van der Waals surface area contributed by atoms with Crippen molar-refractivity contribution in [3.05, 3.63) is 24.0 Å². The number of aromatic nitrogens is 1. The van der Waals surface area contributed by atoms with Crippen LogP contribution in [0.4, 0.5) is 0 Å². The van der Waals surface area contributed by atoms with Crippen molar-refractivity contribution in [2.24, 2.45) is 5.73 Å². The first kappa shape index (κ1) is 10.9. The third-order valence-corrected chi connectivity index (χ3v) is 1.83. The summed E-state index contributed by atoms with van der Waals surface area (Å²) in [5, 5.41) is 0. The van der Waals surface area contributed by atoms with Crippen LogP contribution in [-0.2, 0) is 11.3 Å². The SMILES string of the molecule is COCCCOc1ccncc1CN. The Morgan fingerprint density at radius 1 is 1.43 bits per heavy atom. The molecule has 0 amide bonds. The molecule has 0 radical (unpaired) electrons. The van der Waals surface area contributed by atoms with Crippen LogP contribution >= 0.6 is 0 Å². The first-order chi connectivity index (χ1) is 6.88. The van der Waals surface area contributed by atoms with Crippen molar-refractivity contribution in [2.75, 3.05) is 20.3 Å². The largest absolute Gasteiger partial charge is 0.493 e. The summed E-state index contributed by atoms with van der Waals surface area (Å²) in [6.07, 6.45) is 4.30. The van der Waals surface area contributed by atoms with Crippen molar-refractivity contribution in [2.45, 2.75) is 13.0 Å². The molecule has 0 bridgehead atoms. The molecule has 0 fully saturated rings. The molecule has 1 aromatic rings. The minimum absolute atomic E-state index is 0.452. The molecule has 0 saturated heterocycles. The van der Waals surface area contributed by atoms with E-state index in [1.165, 1.54) is 0 Å². The van der Waals surface area contributed by atoms with E-state index in [1.54, 1.807) is 19.5 Å². The molecule has 1 aromatic heterocycles. The highest BCUT2D eigenvalue weighted by Gasteiger charge is 2.00. The van der Waals surface area contributed by atoms with Gasteiger partial charge in [0, 0.05) is 44.6 Å². The van der Waals surface area contributed by atoms with E-state index < -0.39 is 0 Å². The molecule has 0 unspecified atom stereocenters. The van der Waals surface area contributed by atoms with Gasteiger partial charge in [-0.1, -0.05) is 0 Å². The van der Waals surface area contributed by atoms with Crippen LogP contribution < -0.4 is 10.5 Å². The third-order valence-electron chi connectivity index (χ3n) is 1.83. The lowest BCUT2D eigenvalue weighted by molar-refractivity contribution is 0.172. The van der Waals surface area contributed by atoms with E-state index in [-0.39, 0.29) is 0 Å². The van der Waals surface area contributed by atoms with Gasteiger partial charge in [0.15, 0.2) is 0 Å². The summed E-state index contributed by atoms with van der Waals surface area (Å²) in [6, 6.07) is 1.83. The Hall–Kier alpha value is -1.13. The van der Waals surface area contributed by atoms with Gasteiger partial charge in [0.2, 0.25) is 0 Å². The summed E-state index contributed by atoms with van der Waals surface area (Å²) in [6.45, 7) is 1.81. The molecule has 78 valence electrons. The lowest BCUT2D eigenvalue weighted by Crippen LogP contribution is -2.05. The maximum Gasteiger partial charge on any atom is 0.126 e. The van der Waals surface area contributed by atoms with Crippen LogP contribution in [0.3, 0.4) is 0 Å². The molecule has 4 nitrogen and oxygen atoms in total. The first-order valence-corrected chi connectivity index (χ1v) is 4.63. The number of hydrogen-bond acceptors (Lipinski definition) is 4. The molecule has 0 atom stereocenters. The van der Waals surface area contributed by atoms with E-state index in [0.29, 0.717) is 19.8 Å². The van der Waals surface area contributed by atoms with Crippen LogP contribution in [-0.4, -0.2) is 25.3 Å². The highest BCUT2D eigenvalue weighted by molar-refractivity contribution is 5.29. The Morgan fingerprint density at radius 2 is 2.29 bits per heavy atom. The maximum absolute atomic E-state index is 5.54. The van der Waals surface area contributed by atoms with Crippen molar-refractivity contribution in [3.63, 3.8) is 0 Å². The number of methoxy groups -OCH3 is 1. The van der Waals surface area contributed by atoms with Gasteiger partial charge in [-0.15, -0.1) is 0 Å². The number of nitrogens with two attached hydrogens (primary N) is 1. The predicted octanol–water partition coefficient (Wildman–Crippen LogP) is 0.956. The Balaban J connectivity index is 2.41. The molecule has 2 N–H and O–H groups in total. The fourth-order valence-corrected chi connectivity index (χ4v) is 1.09. The molecule has 0 aliphatic heterocycles. The lowest BCUT2D eigenvalue weighted by Gasteiger charge is -2.08. The summed E-state index contributed by atoms with van der Waals surface area (Å²) in [4.78, 5) is 3.98. The van der Waals surface area contributed by atoms with Crippen LogP contribution in [0.1, 0.15) is 12.0 Å². The molecule has 14 heavy (non-hydrogen) atoms. The van der Waals surface area contributed by atoms with Gasteiger partial charge in [-0.2, -0.15) is 0 Å². The zero-order valence-electron chi connectivity index (χ0n) is 8.40. The highest BCUT2D eigenvalue weighted by Crippen LogP contribution is 2.15. The molecule has 1 rings (SSSR count). The van der Waals surface area contributed by atoms with Crippen LogP contribution in [0.2, 0.25) is 0 Å². The summed E-state index contributed by atoms with van der Waals surface area (Å²) in [7, 11) is 1.68. The van der Waals surface area contributed by atoms with Crippen LogP contribution in [0.15, 0.2) is 18.5 Å². The maximum atomic E-state index is 5.54. The van der Waals surface area contributed by atoms with Crippen molar-refractivity contribution in [1.29, 1.82) is 0 Å². The van der Waals surface area contributed by atoms with Crippen molar-refractivity contribution < 1.29 is 9.47 Å². The van der Waals surface area contributed by atoms with E-state index in [2.05, 4.69) is 4.98 Å². The molecule has 0 aliphatic rings. The minimum atomic E-state index is 0.452. The van der Waals surface area contributed by atoms with Gasteiger partial charge in [0.25, 0.3) is 0 Å². The molecule has 1 heterocycles. The van der Waals surface area contributed by atoms with Crippen molar-refractivity contribution in [1.82, 2.24) is 4.98 Å². The second-order valence-electron chi connectivity index (χ2n) is 2.88. The quantitative estimate of drug-likeness (QED) is 0.688. The van der Waals surface area contributed by atoms with Crippen LogP contribution in [0.5, 0.6) is 5.75 Å². The van der Waals surface area contributed by atoms with Gasteiger partial charge >= 0.3 is 0 Å². The summed E-state index contributed by atoms with van der Waals surface area (Å²) in [5.74, 6) is 0.818. The fraction of sp³-hybridized carbons (Fsp3) is 0.500. The molecule has 0 aromatic carbocycles. The van der Waals surface area contributed by atoms with Gasteiger partial charge in [0.05, 0.1) is 6.61 Å². The van der Waals surface area contributed by atoms with Gasteiger partial charge in [-0.05, 0) is 6.07 Å². The van der Waals surface area contributed by atoms with Gasteiger partial charge < -0.3 is 15.2 Å². The smallest absolute Gasteiger partial charge is 0.126 e.